The van der Waals surface area contributed by atoms with Crippen molar-refractivity contribution in [3.63, 3.8) is 0 Å². The Hall–Kier alpha value is -1.93. The van der Waals surface area contributed by atoms with Crippen LogP contribution in [0.5, 0.6) is 0 Å². The molecule has 1 aliphatic rings. The van der Waals surface area contributed by atoms with E-state index in [1.807, 2.05) is 4.72 Å². The van der Waals surface area contributed by atoms with E-state index < -0.39 is 34.4 Å². The molecule has 0 radical (unpaired) electrons. The van der Waals surface area contributed by atoms with Gasteiger partial charge in [0, 0.05) is 0 Å². The fraction of sp³-hybridized carbons (Fsp3) is 0.385. The van der Waals surface area contributed by atoms with E-state index in [0.717, 1.165) is 30.4 Å². The molecule has 1 amide bonds. The molecule has 2 rings (SSSR count). The lowest BCUT2D eigenvalue weighted by atomic mass is 10.1. The summed E-state index contributed by atoms with van der Waals surface area (Å²) in [4.78, 5) is 21.8. The number of sulfonamides is 1. The zero-order chi connectivity index (χ0) is 15.6. The van der Waals surface area contributed by atoms with Crippen LogP contribution < -0.4 is 10.5 Å². The van der Waals surface area contributed by atoms with E-state index in [1.165, 1.54) is 6.07 Å². The Labute approximate surface area is 122 Å². The molecule has 1 aliphatic carbocycles. The summed E-state index contributed by atoms with van der Waals surface area (Å²) in [5.41, 5.74) is 7.00. The number of hydrogen-bond donors (Lipinski definition) is 3. The van der Waals surface area contributed by atoms with Crippen LogP contribution in [0.2, 0.25) is 0 Å². The number of amides is 1. The summed E-state index contributed by atoms with van der Waals surface area (Å²) in [5, 5.41) is 8.95. The van der Waals surface area contributed by atoms with Crippen molar-refractivity contribution >= 4 is 21.9 Å². The number of carboxylic acid groups (broad SMARTS) is 1. The minimum atomic E-state index is -4.01. The summed E-state index contributed by atoms with van der Waals surface area (Å²) in [6.07, 6.45) is 2.11. The lowest BCUT2D eigenvalue weighted by Crippen LogP contribution is -2.43. The van der Waals surface area contributed by atoms with Crippen LogP contribution in [0.15, 0.2) is 23.1 Å². The highest BCUT2D eigenvalue weighted by Crippen LogP contribution is 2.24. The predicted molar refractivity (Wildman–Crippen MR) is 74.0 cm³/mol. The largest absolute Gasteiger partial charge is 0.480 e. The molecule has 0 unspecified atom stereocenters. The molecule has 0 saturated heterocycles. The molecule has 0 heterocycles. The molecule has 0 aliphatic heterocycles. The van der Waals surface area contributed by atoms with Crippen LogP contribution in [-0.4, -0.2) is 31.4 Å². The van der Waals surface area contributed by atoms with E-state index in [-0.39, 0.29) is 4.90 Å². The number of fused-ring (bicyclic) bond motifs is 1. The average Bonchev–Trinajstić information content (AvgIpc) is 2.84. The summed E-state index contributed by atoms with van der Waals surface area (Å²) >= 11 is 0. The second-order valence-corrected chi connectivity index (χ2v) is 6.68. The number of carboxylic acids is 1. The van der Waals surface area contributed by atoms with Crippen LogP contribution in [0.3, 0.4) is 0 Å². The Bertz CT molecular complexity index is 684. The first-order valence-electron chi connectivity index (χ1n) is 6.45. The summed E-state index contributed by atoms with van der Waals surface area (Å²) in [7, 11) is -4.01. The van der Waals surface area contributed by atoms with E-state index in [0.29, 0.717) is 0 Å². The Morgan fingerprint density at radius 2 is 1.95 bits per heavy atom. The number of hydrogen-bond acceptors (Lipinski definition) is 4. The monoisotopic (exact) mass is 312 g/mol. The summed E-state index contributed by atoms with van der Waals surface area (Å²) in [5.74, 6) is -2.34. The summed E-state index contributed by atoms with van der Waals surface area (Å²) in [6, 6.07) is 3.16. The molecule has 1 aromatic rings. The van der Waals surface area contributed by atoms with Crippen molar-refractivity contribution in [1.82, 2.24) is 4.72 Å². The summed E-state index contributed by atoms with van der Waals surface area (Å²) in [6.45, 7) is 0. The number of rotatable bonds is 6. The third kappa shape index (κ3) is 3.59. The fourth-order valence-electron chi connectivity index (χ4n) is 2.35. The van der Waals surface area contributed by atoms with Crippen molar-refractivity contribution < 1.29 is 23.1 Å². The number of nitrogens with one attached hydrogen (secondary N) is 1. The van der Waals surface area contributed by atoms with E-state index in [2.05, 4.69) is 0 Å². The van der Waals surface area contributed by atoms with Gasteiger partial charge in [-0.25, -0.2) is 8.42 Å². The maximum atomic E-state index is 12.2. The molecule has 1 atom stereocenters. The van der Waals surface area contributed by atoms with Gasteiger partial charge in [-0.2, -0.15) is 4.72 Å². The maximum absolute atomic E-state index is 12.2. The lowest BCUT2D eigenvalue weighted by Gasteiger charge is -2.14. The zero-order valence-electron chi connectivity index (χ0n) is 11.2. The molecule has 114 valence electrons. The van der Waals surface area contributed by atoms with Crippen LogP contribution in [0, 0.1) is 0 Å². The summed E-state index contributed by atoms with van der Waals surface area (Å²) < 4.78 is 26.4. The number of primary amides is 1. The average molecular weight is 312 g/mol. The SMILES string of the molecule is NC(=O)C[C@H](NS(=O)(=O)c1ccc2c(c1)CCC2)C(=O)O. The number of nitrogens with two attached hydrogens (primary N) is 1. The minimum absolute atomic E-state index is 0.00105. The minimum Gasteiger partial charge on any atom is -0.480 e. The van der Waals surface area contributed by atoms with E-state index in [9.17, 15) is 18.0 Å². The van der Waals surface area contributed by atoms with Gasteiger partial charge >= 0.3 is 5.97 Å². The molecule has 0 saturated carbocycles. The quantitative estimate of drug-likeness (QED) is 0.669. The first-order chi connectivity index (χ1) is 9.79. The van der Waals surface area contributed by atoms with Crippen LogP contribution in [0.4, 0.5) is 0 Å². The first kappa shape index (κ1) is 15.5. The molecule has 0 fully saturated rings. The molecular weight excluding hydrogens is 296 g/mol. The molecule has 7 nitrogen and oxygen atoms in total. The van der Waals surface area contributed by atoms with Crippen LogP contribution in [0.25, 0.3) is 0 Å². The van der Waals surface area contributed by atoms with E-state index in [4.69, 9.17) is 10.8 Å². The van der Waals surface area contributed by atoms with Gasteiger partial charge in [-0.05, 0) is 42.5 Å². The van der Waals surface area contributed by atoms with Crippen molar-refractivity contribution in [2.75, 3.05) is 0 Å². The van der Waals surface area contributed by atoms with Crippen molar-refractivity contribution in [2.45, 2.75) is 36.6 Å². The zero-order valence-corrected chi connectivity index (χ0v) is 12.0. The number of aryl methyl sites for hydroxylation is 2. The van der Waals surface area contributed by atoms with Gasteiger partial charge in [-0.3, -0.25) is 9.59 Å². The third-order valence-electron chi connectivity index (χ3n) is 3.38. The molecule has 21 heavy (non-hydrogen) atoms. The van der Waals surface area contributed by atoms with Crippen LogP contribution >= 0.6 is 0 Å². The van der Waals surface area contributed by atoms with Crippen molar-refractivity contribution in [3.8, 4) is 0 Å². The third-order valence-corrected chi connectivity index (χ3v) is 4.85. The number of carbonyl (C=O) groups is 2. The smallest absolute Gasteiger partial charge is 0.322 e. The second-order valence-electron chi connectivity index (χ2n) is 4.97. The second kappa shape index (κ2) is 5.82. The predicted octanol–water partition coefficient (Wildman–Crippen LogP) is -0.218. The lowest BCUT2D eigenvalue weighted by molar-refractivity contribution is -0.140. The highest BCUT2D eigenvalue weighted by Gasteiger charge is 2.27. The molecular formula is C13H16N2O5S. The van der Waals surface area contributed by atoms with Gasteiger partial charge in [0.05, 0.1) is 11.3 Å². The molecule has 0 aromatic heterocycles. The maximum Gasteiger partial charge on any atom is 0.322 e. The molecule has 1 aromatic carbocycles. The van der Waals surface area contributed by atoms with Gasteiger partial charge in [-0.1, -0.05) is 6.07 Å². The highest BCUT2D eigenvalue weighted by molar-refractivity contribution is 7.89. The number of benzene rings is 1. The fourth-order valence-corrected chi connectivity index (χ4v) is 3.59. The van der Waals surface area contributed by atoms with Crippen molar-refractivity contribution in [3.05, 3.63) is 29.3 Å². The molecule has 0 bridgehead atoms. The van der Waals surface area contributed by atoms with Gasteiger partial charge in [-0.15, -0.1) is 0 Å². The van der Waals surface area contributed by atoms with E-state index >= 15 is 0 Å². The Morgan fingerprint density at radius 3 is 2.57 bits per heavy atom. The normalized spacial score (nSPS) is 15.4. The van der Waals surface area contributed by atoms with Gasteiger partial charge in [0.1, 0.15) is 6.04 Å². The van der Waals surface area contributed by atoms with Gasteiger partial charge in [0.2, 0.25) is 15.9 Å². The van der Waals surface area contributed by atoms with Gasteiger partial charge in [0.25, 0.3) is 0 Å². The highest BCUT2D eigenvalue weighted by atomic mass is 32.2. The first-order valence-corrected chi connectivity index (χ1v) is 7.93. The van der Waals surface area contributed by atoms with Crippen molar-refractivity contribution in [1.29, 1.82) is 0 Å². The molecule has 8 heteroatoms. The topological polar surface area (TPSA) is 127 Å². The Morgan fingerprint density at radius 1 is 1.29 bits per heavy atom. The van der Waals surface area contributed by atoms with Crippen LogP contribution in [0.1, 0.15) is 24.0 Å². The van der Waals surface area contributed by atoms with Crippen LogP contribution in [-0.2, 0) is 32.5 Å². The van der Waals surface area contributed by atoms with Crippen molar-refractivity contribution in [2.24, 2.45) is 5.73 Å². The number of aliphatic carboxylic acids is 1. The van der Waals surface area contributed by atoms with Gasteiger partial charge in [0.15, 0.2) is 0 Å². The number of carbonyl (C=O) groups excluding carboxylic acids is 1. The Kier molecular flexibility index (Phi) is 4.29. The Balaban J connectivity index is 2.24. The van der Waals surface area contributed by atoms with E-state index in [1.54, 1.807) is 12.1 Å². The van der Waals surface area contributed by atoms with Gasteiger partial charge < -0.3 is 10.8 Å². The standard InChI is InChI=1S/C13H16N2O5S/c14-12(16)7-11(13(17)18)15-21(19,20)10-5-4-8-2-1-3-9(8)6-10/h4-6,11,15H,1-3,7H2,(H2,14,16)(H,17,18)/t11-/m0/s1. The molecule has 0 spiro atoms. The molecule has 4 N–H and O–H groups in total.